The second-order valence-corrected chi connectivity index (χ2v) is 5.34. The van der Waals surface area contributed by atoms with Gasteiger partial charge in [0.1, 0.15) is 5.72 Å². The van der Waals surface area contributed by atoms with Gasteiger partial charge in [-0.05, 0) is 25.7 Å². The molecule has 11 heavy (non-hydrogen) atoms. The van der Waals surface area contributed by atoms with E-state index in [1.165, 1.54) is 0 Å². The molecule has 0 unspecified atom stereocenters. The molecule has 2 N–H and O–H groups in total. The highest BCUT2D eigenvalue weighted by Crippen LogP contribution is 2.36. The Morgan fingerprint density at radius 1 is 1.36 bits per heavy atom. The Balaban J connectivity index is 2.03. The molecular weight excluding hydrogens is 166 g/mol. The third-order valence-corrected chi connectivity index (χ3v) is 4.03. The van der Waals surface area contributed by atoms with E-state index in [2.05, 4.69) is 4.72 Å². The summed E-state index contributed by atoms with van der Waals surface area (Å²) in [7, 11) is -3.18. The predicted octanol–water partition coefficient (Wildman–Crippen LogP) is -0.449. The van der Waals surface area contributed by atoms with E-state index >= 15 is 0 Å². The van der Waals surface area contributed by atoms with Gasteiger partial charge in [0, 0.05) is 0 Å². The van der Waals surface area contributed by atoms with Gasteiger partial charge in [-0.3, -0.25) is 0 Å². The molecule has 0 saturated heterocycles. The van der Waals surface area contributed by atoms with Gasteiger partial charge in [-0.1, -0.05) is 0 Å². The monoisotopic (exact) mass is 177 g/mol. The highest BCUT2D eigenvalue weighted by Gasteiger charge is 2.47. The maximum Gasteiger partial charge on any atom is 0.216 e. The quantitative estimate of drug-likeness (QED) is 0.574. The van der Waals surface area contributed by atoms with E-state index in [9.17, 15) is 13.5 Å². The smallest absolute Gasteiger partial charge is 0.216 e. The second kappa shape index (κ2) is 1.97. The molecule has 4 nitrogen and oxygen atoms in total. The Morgan fingerprint density at radius 2 is 1.91 bits per heavy atom. The first-order valence-corrected chi connectivity index (χ1v) is 5.32. The van der Waals surface area contributed by atoms with Crippen LogP contribution in [-0.2, 0) is 10.0 Å². The molecule has 64 valence electrons. The average Bonchev–Trinajstić information content (AvgIpc) is 2.58. The van der Waals surface area contributed by atoms with Crippen molar-refractivity contribution < 1.29 is 13.5 Å². The van der Waals surface area contributed by atoms with E-state index in [0.717, 1.165) is 12.8 Å². The SMILES string of the molecule is O=S(=O)(NC1(O)CC1)C1CC1. The highest BCUT2D eigenvalue weighted by atomic mass is 32.2. The van der Waals surface area contributed by atoms with Crippen molar-refractivity contribution in [2.75, 3.05) is 0 Å². The van der Waals surface area contributed by atoms with Crippen LogP contribution in [0.15, 0.2) is 0 Å². The first-order valence-electron chi connectivity index (χ1n) is 3.77. The van der Waals surface area contributed by atoms with Crippen molar-refractivity contribution in [2.24, 2.45) is 0 Å². The lowest BCUT2D eigenvalue weighted by atomic mass is 10.7. The number of sulfonamides is 1. The third-order valence-electron chi connectivity index (χ3n) is 2.02. The first-order chi connectivity index (χ1) is 5.02. The lowest BCUT2D eigenvalue weighted by Gasteiger charge is -2.09. The van der Waals surface area contributed by atoms with E-state index in [4.69, 9.17) is 0 Å². The number of hydrogen-bond acceptors (Lipinski definition) is 3. The number of aliphatic hydroxyl groups is 1. The zero-order valence-corrected chi connectivity index (χ0v) is 6.89. The summed E-state index contributed by atoms with van der Waals surface area (Å²) in [6.45, 7) is 0. The lowest BCUT2D eigenvalue weighted by molar-refractivity contribution is 0.139. The zero-order chi connectivity index (χ0) is 8.11. The van der Waals surface area contributed by atoms with Crippen LogP contribution in [0.2, 0.25) is 0 Å². The summed E-state index contributed by atoms with van der Waals surface area (Å²) in [6.07, 6.45) is 2.59. The van der Waals surface area contributed by atoms with Crippen molar-refractivity contribution in [3.05, 3.63) is 0 Å². The molecule has 0 heterocycles. The van der Waals surface area contributed by atoms with Crippen LogP contribution >= 0.6 is 0 Å². The molecule has 0 aliphatic heterocycles. The van der Waals surface area contributed by atoms with Gasteiger partial charge >= 0.3 is 0 Å². The van der Waals surface area contributed by atoms with Gasteiger partial charge in [-0.15, -0.1) is 0 Å². The van der Waals surface area contributed by atoms with Gasteiger partial charge in [0.2, 0.25) is 10.0 Å². The molecule has 2 saturated carbocycles. The molecule has 2 aliphatic carbocycles. The average molecular weight is 177 g/mol. The molecule has 0 aromatic rings. The molecular formula is C6H11NO3S. The molecule has 2 fully saturated rings. The summed E-state index contributed by atoms with van der Waals surface area (Å²) >= 11 is 0. The van der Waals surface area contributed by atoms with Crippen LogP contribution in [0.5, 0.6) is 0 Å². The van der Waals surface area contributed by atoms with E-state index in [1.807, 2.05) is 0 Å². The number of nitrogens with one attached hydrogen (secondary N) is 1. The normalized spacial score (nSPS) is 28.5. The fourth-order valence-corrected chi connectivity index (χ4v) is 2.60. The second-order valence-electron chi connectivity index (χ2n) is 3.38. The molecule has 0 aromatic heterocycles. The first kappa shape index (κ1) is 7.52. The Morgan fingerprint density at radius 3 is 2.27 bits per heavy atom. The van der Waals surface area contributed by atoms with E-state index < -0.39 is 15.7 Å². The van der Waals surface area contributed by atoms with Crippen molar-refractivity contribution in [1.29, 1.82) is 0 Å². The van der Waals surface area contributed by atoms with Crippen molar-refractivity contribution in [3.8, 4) is 0 Å². The minimum absolute atomic E-state index is 0.230. The molecule has 2 rings (SSSR count). The van der Waals surface area contributed by atoms with Gasteiger partial charge in [-0.2, -0.15) is 4.72 Å². The van der Waals surface area contributed by atoms with Crippen LogP contribution in [0, 0.1) is 0 Å². The minimum Gasteiger partial charge on any atom is -0.375 e. The largest absolute Gasteiger partial charge is 0.375 e. The maximum absolute atomic E-state index is 11.2. The van der Waals surface area contributed by atoms with Crippen molar-refractivity contribution in [3.63, 3.8) is 0 Å². The predicted molar refractivity (Wildman–Crippen MR) is 39.3 cm³/mol. The van der Waals surface area contributed by atoms with Crippen LogP contribution in [-0.4, -0.2) is 24.5 Å². The molecule has 0 aromatic carbocycles. The van der Waals surface area contributed by atoms with Crippen molar-refractivity contribution in [1.82, 2.24) is 4.72 Å². The summed E-state index contributed by atoms with van der Waals surface area (Å²) in [6, 6.07) is 0. The summed E-state index contributed by atoms with van der Waals surface area (Å²) in [5.74, 6) is 0. The van der Waals surface area contributed by atoms with Gasteiger partial charge in [0.05, 0.1) is 5.25 Å². The van der Waals surface area contributed by atoms with E-state index in [1.54, 1.807) is 0 Å². The zero-order valence-electron chi connectivity index (χ0n) is 6.08. The number of hydrogen-bond donors (Lipinski definition) is 2. The summed E-state index contributed by atoms with van der Waals surface area (Å²) in [5, 5.41) is 9.02. The standard InChI is InChI=1S/C6H11NO3S/c8-6(3-4-6)7-11(9,10)5-1-2-5/h5,7-8H,1-4H2. The molecule has 0 atom stereocenters. The van der Waals surface area contributed by atoms with Crippen molar-refractivity contribution in [2.45, 2.75) is 36.7 Å². The van der Waals surface area contributed by atoms with Crippen LogP contribution in [0.1, 0.15) is 25.7 Å². The minimum atomic E-state index is -3.18. The van der Waals surface area contributed by atoms with E-state index in [-0.39, 0.29) is 5.25 Å². The lowest BCUT2D eigenvalue weighted by Crippen LogP contribution is -2.38. The Hall–Kier alpha value is -0.130. The van der Waals surface area contributed by atoms with Gasteiger partial charge in [0.15, 0.2) is 0 Å². The van der Waals surface area contributed by atoms with Crippen LogP contribution in [0.4, 0.5) is 0 Å². The summed E-state index contributed by atoms with van der Waals surface area (Å²) < 4.78 is 24.7. The Labute approximate surface area is 65.7 Å². The third kappa shape index (κ3) is 1.55. The van der Waals surface area contributed by atoms with Crippen molar-refractivity contribution >= 4 is 10.0 Å². The fourth-order valence-electron chi connectivity index (χ4n) is 0.947. The Kier molecular flexibility index (Phi) is 1.34. The fraction of sp³-hybridized carbons (Fsp3) is 1.00. The molecule has 0 amide bonds. The molecule has 5 heteroatoms. The maximum atomic E-state index is 11.2. The highest BCUT2D eigenvalue weighted by molar-refractivity contribution is 7.90. The van der Waals surface area contributed by atoms with Crippen LogP contribution in [0.3, 0.4) is 0 Å². The van der Waals surface area contributed by atoms with Crippen LogP contribution in [0.25, 0.3) is 0 Å². The molecule has 0 bridgehead atoms. The summed E-state index contributed by atoms with van der Waals surface area (Å²) in [4.78, 5) is 0. The molecule has 0 spiro atoms. The Bertz CT molecular complexity index is 264. The summed E-state index contributed by atoms with van der Waals surface area (Å²) in [5.41, 5.74) is -1.08. The molecule has 0 radical (unpaired) electrons. The number of rotatable bonds is 3. The van der Waals surface area contributed by atoms with Crippen LogP contribution < -0.4 is 4.72 Å². The topological polar surface area (TPSA) is 66.4 Å². The van der Waals surface area contributed by atoms with Gasteiger partial charge in [-0.25, -0.2) is 8.42 Å². The van der Waals surface area contributed by atoms with E-state index in [0.29, 0.717) is 12.8 Å². The molecule has 2 aliphatic rings. The van der Waals surface area contributed by atoms with Gasteiger partial charge < -0.3 is 5.11 Å². The van der Waals surface area contributed by atoms with Gasteiger partial charge in [0.25, 0.3) is 0 Å².